The second-order valence-corrected chi connectivity index (χ2v) is 5.12. The van der Waals surface area contributed by atoms with E-state index in [0.717, 1.165) is 11.0 Å². The minimum absolute atomic E-state index is 0.0592. The summed E-state index contributed by atoms with van der Waals surface area (Å²) in [5, 5.41) is 8.99. The zero-order valence-corrected chi connectivity index (χ0v) is 11.9. The Kier molecular flexibility index (Phi) is 3.17. The van der Waals surface area contributed by atoms with Crippen molar-refractivity contribution < 1.29 is 9.90 Å². The molecule has 5 nitrogen and oxygen atoms in total. The molecule has 0 amide bonds. The van der Waals surface area contributed by atoms with Crippen LogP contribution in [0.3, 0.4) is 0 Å². The van der Waals surface area contributed by atoms with E-state index in [9.17, 15) is 4.79 Å². The third kappa shape index (κ3) is 2.50. The van der Waals surface area contributed by atoms with Crippen LogP contribution in [0.25, 0.3) is 11.0 Å². The fraction of sp³-hybridized carbons (Fsp3) is 0.188. The Morgan fingerprint density at radius 3 is 2.76 bits per heavy atom. The van der Waals surface area contributed by atoms with E-state index >= 15 is 0 Å². The molecule has 0 aliphatic rings. The summed E-state index contributed by atoms with van der Waals surface area (Å²) in [6, 6.07) is 9.17. The van der Waals surface area contributed by atoms with E-state index in [1.54, 1.807) is 12.4 Å². The van der Waals surface area contributed by atoms with Gasteiger partial charge < -0.3 is 9.67 Å². The number of pyridine rings is 1. The molecule has 2 aromatic heterocycles. The summed E-state index contributed by atoms with van der Waals surface area (Å²) in [4.78, 5) is 19.5. The van der Waals surface area contributed by atoms with Crippen LogP contribution < -0.4 is 0 Å². The van der Waals surface area contributed by atoms with Crippen LogP contribution in [0, 0.1) is 13.8 Å². The SMILES string of the molecule is Cc1cc2ncn(Cc3cccc(C(=O)O)n3)c2cc1C. The lowest BCUT2D eigenvalue weighted by Crippen LogP contribution is -2.06. The minimum Gasteiger partial charge on any atom is -0.477 e. The van der Waals surface area contributed by atoms with Crippen molar-refractivity contribution in [2.45, 2.75) is 20.4 Å². The van der Waals surface area contributed by atoms with Gasteiger partial charge in [-0.1, -0.05) is 6.07 Å². The Morgan fingerprint density at radius 2 is 2.00 bits per heavy atom. The number of aromatic nitrogens is 3. The first-order valence-electron chi connectivity index (χ1n) is 6.66. The zero-order valence-electron chi connectivity index (χ0n) is 11.9. The number of carbonyl (C=O) groups is 1. The second kappa shape index (κ2) is 5.01. The van der Waals surface area contributed by atoms with E-state index < -0.39 is 5.97 Å². The number of rotatable bonds is 3. The molecule has 0 aliphatic carbocycles. The van der Waals surface area contributed by atoms with E-state index in [1.807, 2.05) is 10.6 Å². The summed E-state index contributed by atoms with van der Waals surface area (Å²) < 4.78 is 1.98. The predicted molar refractivity (Wildman–Crippen MR) is 79.5 cm³/mol. The van der Waals surface area contributed by atoms with Crippen molar-refractivity contribution >= 4 is 17.0 Å². The topological polar surface area (TPSA) is 68.0 Å². The van der Waals surface area contributed by atoms with Crippen molar-refractivity contribution in [2.75, 3.05) is 0 Å². The standard InChI is InChI=1S/C16H15N3O2/c1-10-6-14-15(7-11(10)2)19(9-17-14)8-12-4-3-5-13(18-12)16(20)21/h3-7,9H,8H2,1-2H3,(H,20,21). The van der Waals surface area contributed by atoms with Crippen molar-refractivity contribution in [3.8, 4) is 0 Å². The van der Waals surface area contributed by atoms with Crippen LogP contribution in [0.2, 0.25) is 0 Å². The molecule has 5 heteroatoms. The monoisotopic (exact) mass is 281 g/mol. The van der Waals surface area contributed by atoms with Crippen LogP contribution in [0.15, 0.2) is 36.7 Å². The van der Waals surface area contributed by atoms with Crippen molar-refractivity contribution in [3.63, 3.8) is 0 Å². The van der Waals surface area contributed by atoms with Crippen LogP contribution in [0.1, 0.15) is 27.3 Å². The Bertz CT molecular complexity index is 837. The molecule has 0 bridgehead atoms. The number of aromatic carboxylic acids is 1. The van der Waals surface area contributed by atoms with E-state index in [2.05, 4.69) is 35.9 Å². The van der Waals surface area contributed by atoms with Gasteiger partial charge in [0.1, 0.15) is 5.69 Å². The van der Waals surface area contributed by atoms with Gasteiger partial charge in [-0.15, -0.1) is 0 Å². The average Bonchev–Trinajstić information content (AvgIpc) is 2.82. The number of benzene rings is 1. The molecular weight excluding hydrogens is 266 g/mol. The summed E-state index contributed by atoms with van der Waals surface area (Å²) in [5.74, 6) is -1.01. The molecule has 0 fully saturated rings. The van der Waals surface area contributed by atoms with E-state index in [0.29, 0.717) is 12.2 Å². The first kappa shape index (κ1) is 13.3. The largest absolute Gasteiger partial charge is 0.477 e. The predicted octanol–water partition coefficient (Wildman–Crippen LogP) is 2.79. The molecule has 3 rings (SSSR count). The maximum Gasteiger partial charge on any atom is 0.354 e. The summed E-state index contributed by atoms with van der Waals surface area (Å²) >= 11 is 0. The highest BCUT2D eigenvalue weighted by Crippen LogP contribution is 2.19. The normalized spacial score (nSPS) is 11.0. The number of hydrogen-bond acceptors (Lipinski definition) is 3. The first-order chi connectivity index (χ1) is 10.0. The molecule has 0 unspecified atom stereocenters. The first-order valence-corrected chi connectivity index (χ1v) is 6.66. The molecule has 106 valence electrons. The molecule has 0 saturated carbocycles. The number of imidazole rings is 1. The molecule has 1 aromatic carbocycles. The number of carboxylic acid groups (broad SMARTS) is 1. The van der Waals surface area contributed by atoms with Gasteiger partial charge in [0.15, 0.2) is 0 Å². The zero-order chi connectivity index (χ0) is 15.0. The molecule has 0 aliphatic heterocycles. The quantitative estimate of drug-likeness (QED) is 0.801. The molecule has 21 heavy (non-hydrogen) atoms. The highest BCUT2D eigenvalue weighted by Gasteiger charge is 2.08. The molecule has 0 atom stereocenters. The van der Waals surface area contributed by atoms with Gasteiger partial charge in [-0.05, 0) is 49.2 Å². The fourth-order valence-corrected chi connectivity index (χ4v) is 2.30. The molecule has 1 N–H and O–H groups in total. The van der Waals surface area contributed by atoms with E-state index in [4.69, 9.17) is 5.11 Å². The van der Waals surface area contributed by atoms with Gasteiger partial charge in [0.2, 0.25) is 0 Å². The van der Waals surface area contributed by atoms with Crippen LogP contribution >= 0.6 is 0 Å². The van der Waals surface area contributed by atoms with Gasteiger partial charge in [-0.3, -0.25) is 0 Å². The molecule has 0 saturated heterocycles. The van der Waals surface area contributed by atoms with Crippen molar-refractivity contribution in [1.82, 2.24) is 14.5 Å². The van der Waals surface area contributed by atoms with E-state index in [1.165, 1.54) is 17.2 Å². The van der Waals surface area contributed by atoms with Crippen LogP contribution in [0.4, 0.5) is 0 Å². The molecular formula is C16H15N3O2. The second-order valence-electron chi connectivity index (χ2n) is 5.12. The molecule has 3 aromatic rings. The number of nitrogens with zero attached hydrogens (tertiary/aromatic N) is 3. The van der Waals surface area contributed by atoms with E-state index in [-0.39, 0.29) is 5.69 Å². The minimum atomic E-state index is -1.01. The van der Waals surface area contributed by atoms with Gasteiger partial charge in [0, 0.05) is 0 Å². The van der Waals surface area contributed by atoms with Crippen LogP contribution in [0.5, 0.6) is 0 Å². The Morgan fingerprint density at radius 1 is 1.24 bits per heavy atom. The van der Waals surface area contributed by atoms with Gasteiger partial charge in [0.25, 0.3) is 0 Å². The maximum absolute atomic E-state index is 11.0. The summed E-state index contributed by atoms with van der Waals surface area (Å²) in [6.45, 7) is 4.63. The third-order valence-corrected chi connectivity index (χ3v) is 3.59. The number of hydrogen-bond donors (Lipinski definition) is 1. The smallest absolute Gasteiger partial charge is 0.354 e. The Hall–Kier alpha value is -2.69. The van der Waals surface area contributed by atoms with Gasteiger partial charge >= 0.3 is 5.97 Å². The summed E-state index contributed by atoms with van der Waals surface area (Å²) in [7, 11) is 0. The third-order valence-electron chi connectivity index (χ3n) is 3.59. The van der Waals surface area contributed by atoms with Crippen molar-refractivity contribution in [1.29, 1.82) is 0 Å². The molecule has 0 spiro atoms. The van der Waals surface area contributed by atoms with Crippen LogP contribution in [-0.4, -0.2) is 25.6 Å². The highest BCUT2D eigenvalue weighted by atomic mass is 16.4. The number of fused-ring (bicyclic) bond motifs is 1. The summed E-state index contributed by atoms with van der Waals surface area (Å²) in [5.41, 5.74) is 5.14. The number of carboxylic acids is 1. The Labute approximate surface area is 121 Å². The van der Waals surface area contributed by atoms with Gasteiger partial charge in [-0.2, -0.15) is 0 Å². The molecule has 0 radical (unpaired) electrons. The lowest BCUT2D eigenvalue weighted by atomic mass is 10.1. The van der Waals surface area contributed by atoms with Gasteiger partial charge in [-0.25, -0.2) is 14.8 Å². The van der Waals surface area contributed by atoms with Gasteiger partial charge in [0.05, 0.1) is 29.6 Å². The summed E-state index contributed by atoms with van der Waals surface area (Å²) in [6.07, 6.45) is 1.76. The lowest BCUT2D eigenvalue weighted by Gasteiger charge is -2.06. The van der Waals surface area contributed by atoms with Crippen molar-refractivity contribution in [2.24, 2.45) is 0 Å². The maximum atomic E-state index is 11.0. The van der Waals surface area contributed by atoms with Crippen LogP contribution in [-0.2, 0) is 6.54 Å². The number of aryl methyl sites for hydroxylation is 2. The molecule has 2 heterocycles. The lowest BCUT2D eigenvalue weighted by molar-refractivity contribution is 0.0690. The highest BCUT2D eigenvalue weighted by molar-refractivity contribution is 5.85. The van der Waals surface area contributed by atoms with Crippen molar-refractivity contribution in [3.05, 3.63) is 59.2 Å². The Balaban J connectivity index is 2.00. The average molecular weight is 281 g/mol. The fourth-order valence-electron chi connectivity index (χ4n) is 2.30.